The number of ketones is 1. The van der Waals surface area contributed by atoms with Crippen LogP contribution in [-0.2, 0) is 19.1 Å². The molecule has 0 aliphatic rings. The number of hydrogen-bond acceptors (Lipinski definition) is 4. The molecule has 1 atom stereocenters. The number of rotatable bonds is 6. The van der Waals surface area contributed by atoms with Gasteiger partial charge < -0.3 is 14.3 Å². The van der Waals surface area contributed by atoms with Gasteiger partial charge >= 0.3 is 5.97 Å². The smallest absolute Gasteiger partial charge is 0.308 e. The van der Waals surface area contributed by atoms with E-state index in [9.17, 15) is 9.59 Å². The van der Waals surface area contributed by atoms with Crippen LogP contribution in [0.5, 0.6) is 0 Å². The maximum absolute atomic E-state index is 11.0. The molecule has 0 heterocycles. The van der Waals surface area contributed by atoms with Gasteiger partial charge in [-0.05, 0) is 20.3 Å². The summed E-state index contributed by atoms with van der Waals surface area (Å²) in [5.41, 5.74) is 0. The molecule has 0 aromatic heterocycles. The molecule has 0 spiro atoms. The van der Waals surface area contributed by atoms with Crippen LogP contribution >= 0.6 is 0 Å². The summed E-state index contributed by atoms with van der Waals surface area (Å²) < 4.78 is 9.55. The normalized spacial score (nSPS) is 10.6. The van der Waals surface area contributed by atoms with E-state index in [4.69, 9.17) is 9.47 Å². The van der Waals surface area contributed by atoms with Crippen molar-refractivity contribution in [3.8, 4) is 0 Å². The zero-order chi connectivity index (χ0) is 10.3. The topological polar surface area (TPSA) is 52.6 Å². The molecule has 0 fully saturated rings. The lowest BCUT2D eigenvalue weighted by molar-refractivity contribution is -0.169. The second kappa shape index (κ2) is 11.2. The third kappa shape index (κ3) is 13.1. The van der Waals surface area contributed by atoms with Crippen LogP contribution < -0.4 is 0 Å². The van der Waals surface area contributed by atoms with E-state index in [-0.39, 0.29) is 33.0 Å². The highest BCUT2D eigenvalue weighted by molar-refractivity contribution is 5.76. The molecule has 92 valence electrons. The quantitative estimate of drug-likeness (QED) is 0.510. The van der Waals surface area contributed by atoms with Gasteiger partial charge in [0.15, 0.2) is 6.29 Å². The highest BCUT2D eigenvalue weighted by atomic mass is 16.7. The second-order valence-electron chi connectivity index (χ2n) is 2.85. The highest BCUT2D eigenvalue weighted by Gasteiger charge is 2.07. The first-order chi connectivity index (χ1) is 6.06. The molecule has 15 heavy (non-hydrogen) atoms. The van der Waals surface area contributed by atoms with Gasteiger partial charge in [-0.1, -0.05) is 14.9 Å². The highest BCUT2D eigenvalue weighted by Crippen LogP contribution is 2.01. The number of hydrogen-bond donors (Lipinski definition) is 0. The first-order valence-electron chi connectivity index (χ1n) is 4.28. The Morgan fingerprint density at radius 1 is 1.20 bits per heavy atom. The van der Waals surface area contributed by atoms with Crippen LogP contribution in [0.3, 0.4) is 0 Å². The van der Waals surface area contributed by atoms with Crippen molar-refractivity contribution in [2.45, 2.75) is 54.3 Å². The molecule has 0 aromatic carbocycles. The molecular formula is C11H24O4. The zero-order valence-corrected chi connectivity index (χ0v) is 8.33. The summed E-state index contributed by atoms with van der Waals surface area (Å²) in [4.78, 5) is 21.5. The summed E-state index contributed by atoms with van der Waals surface area (Å²) in [6, 6.07) is 0. The number of carbonyl (C=O) groups is 2. The van der Waals surface area contributed by atoms with Crippen molar-refractivity contribution in [1.29, 1.82) is 0 Å². The van der Waals surface area contributed by atoms with Gasteiger partial charge in [0.05, 0.1) is 0 Å². The molecule has 0 amide bonds. The standard InChI is InChI=1S/C9H16O4.2CH4/c1-7(10)5-4-6-9(11)13-8(2)12-3;;/h8H,4-6H2,1-3H3;2*1H4. The maximum atomic E-state index is 11.0. The molecule has 0 aromatic rings. The minimum absolute atomic E-state index is 0. The summed E-state index contributed by atoms with van der Waals surface area (Å²) in [5.74, 6) is -0.233. The third-order valence-electron chi connectivity index (χ3n) is 1.54. The van der Waals surface area contributed by atoms with E-state index in [0.717, 1.165) is 0 Å². The number of Topliss-reactive ketones (excluding diaryl/α,β-unsaturated/α-hetero) is 1. The molecule has 0 rings (SSSR count). The van der Waals surface area contributed by atoms with Gasteiger partial charge in [0.25, 0.3) is 0 Å². The molecule has 0 radical (unpaired) electrons. The van der Waals surface area contributed by atoms with Crippen molar-refractivity contribution < 1.29 is 19.1 Å². The first-order valence-corrected chi connectivity index (χ1v) is 4.28. The van der Waals surface area contributed by atoms with Crippen molar-refractivity contribution in [2.75, 3.05) is 7.11 Å². The van der Waals surface area contributed by atoms with Crippen LogP contribution in [0, 0.1) is 0 Å². The Hall–Kier alpha value is -0.900. The maximum Gasteiger partial charge on any atom is 0.308 e. The molecule has 0 aliphatic heterocycles. The average molecular weight is 220 g/mol. The van der Waals surface area contributed by atoms with Gasteiger partial charge in [0.1, 0.15) is 5.78 Å². The Balaban J connectivity index is -0.000000720. The Kier molecular flexibility index (Phi) is 14.6. The van der Waals surface area contributed by atoms with Crippen molar-refractivity contribution >= 4 is 11.8 Å². The summed E-state index contributed by atoms with van der Waals surface area (Å²) in [5, 5.41) is 0. The van der Waals surface area contributed by atoms with Crippen molar-refractivity contribution in [3.05, 3.63) is 0 Å². The fourth-order valence-electron chi connectivity index (χ4n) is 0.774. The van der Waals surface area contributed by atoms with Gasteiger partial charge in [-0.3, -0.25) is 4.79 Å². The van der Waals surface area contributed by atoms with E-state index in [2.05, 4.69) is 0 Å². The lowest BCUT2D eigenvalue weighted by atomic mass is 10.2. The number of carbonyl (C=O) groups excluding carboxylic acids is 2. The Labute approximate surface area is 93.0 Å². The third-order valence-corrected chi connectivity index (χ3v) is 1.54. The van der Waals surface area contributed by atoms with Gasteiger partial charge in [-0.25, -0.2) is 0 Å². The minimum atomic E-state index is -0.509. The van der Waals surface area contributed by atoms with Gasteiger partial charge in [0, 0.05) is 20.0 Å². The number of ether oxygens (including phenoxy) is 2. The van der Waals surface area contributed by atoms with E-state index < -0.39 is 6.29 Å². The van der Waals surface area contributed by atoms with Crippen molar-refractivity contribution in [2.24, 2.45) is 0 Å². The summed E-state index contributed by atoms with van der Waals surface area (Å²) in [7, 11) is 1.47. The fourth-order valence-corrected chi connectivity index (χ4v) is 0.774. The predicted octanol–water partition coefficient (Wildman–Crippen LogP) is 2.55. The molecule has 0 saturated carbocycles. The summed E-state index contributed by atoms with van der Waals surface area (Å²) in [6.45, 7) is 3.14. The van der Waals surface area contributed by atoms with E-state index >= 15 is 0 Å². The lowest BCUT2D eigenvalue weighted by Gasteiger charge is -2.10. The van der Waals surface area contributed by atoms with Crippen LogP contribution in [-0.4, -0.2) is 25.2 Å². The largest absolute Gasteiger partial charge is 0.436 e. The van der Waals surface area contributed by atoms with Gasteiger partial charge in [0.2, 0.25) is 0 Å². The van der Waals surface area contributed by atoms with Crippen LogP contribution in [0.2, 0.25) is 0 Å². The van der Waals surface area contributed by atoms with Crippen molar-refractivity contribution in [1.82, 2.24) is 0 Å². The summed E-state index contributed by atoms with van der Waals surface area (Å²) in [6.07, 6.45) is 0.735. The lowest BCUT2D eigenvalue weighted by Crippen LogP contribution is -2.16. The van der Waals surface area contributed by atoms with E-state index in [0.29, 0.717) is 12.8 Å². The second-order valence-corrected chi connectivity index (χ2v) is 2.85. The van der Waals surface area contributed by atoms with E-state index in [1.807, 2.05) is 0 Å². The molecule has 0 aliphatic carbocycles. The summed E-state index contributed by atoms with van der Waals surface area (Å²) >= 11 is 0. The average Bonchev–Trinajstić information content (AvgIpc) is 2.03. The SMILES string of the molecule is C.C.COC(C)OC(=O)CCCC(C)=O. The molecular weight excluding hydrogens is 196 g/mol. The zero-order valence-electron chi connectivity index (χ0n) is 8.33. The Bertz CT molecular complexity index is 177. The predicted molar refractivity (Wildman–Crippen MR) is 60.6 cm³/mol. The van der Waals surface area contributed by atoms with Crippen LogP contribution in [0.25, 0.3) is 0 Å². The Morgan fingerprint density at radius 3 is 2.13 bits per heavy atom. The van der Waals surface area contributed by atoms with E-state index in [1.54, 1.807) is 6.92 Å². The molecule has 4 heteroatoms. The molecule has 0 N–H and O–H groups in total. The van der Waals surface area contributed by atoms with Crippen LogP contribution in [0.4, 0.5) is 0 Å². The van der Waals surface area contributed by atoms with Gasteiger partial charge in [-0.15, -0.1) is 0 Å². The minimum Gasteiger partial charge on any atom is -0.436 e. The van der Waals surface area contributed by atoms with Crippen LogP contribution in [0.1, 0.15) is 48.0 Å². The molecule has 1 unspecified atom stereocenters. The van der Waals surface area contributed by atoms with Crippen molar-refractivity contribution in [3.63, 3.8) is 0 Å². The fraction of sp³-hybridized carbons (Fsp3) is 0.818. The van der Waals surface area contributed by atoms with E-state index in [1.165, 1.54) is 14.0 Å². The number of methoxy groups -OCH3 is 1. The molecule has 4 nitrogen and oxygen atoms in total. The first kappa shape index (κ1) is 19.6. The van der Waals surface area contributed by atoms with Crippen LogP contribution in [0.15, 0.2) is 0 Å². The Morgan fingerprint density at radius 2 is 1.73 bits per heavy atom. The number of esters is 1. The molecule has 0 saturated heterocycles. The molecule has 0 bridgehead atoms. The van der Waals surface area contributed by atoms with Gasteiger partial charge in [-0.2, -0.15) is 0 Å². The monoisotopic (exact) mass is 220 g/mol.